The van der Waals surface area contributed by atoms with Crippen LogP contribution < -0.4 is 0 Å². The Balaban J connectivity index is 1.53. The van der Waals surface area contributed by atoms with Crippen molar-refractivity contribution in [2.45, 2.75) is 97.2 Å². The van der Waals surface area contributed by atoms with Crippen LogP contribution in [0.15, 0.2) is 0 Å². The summed E-state index contributed by atoms with van der Waals surface area (Å²) in [6.07, 6.45) is 12.6. The van der Waals surface area contributed by atoms with E-state index in [4.69, 9.17) is 9.47 Å². The number of carbonyl (C=O) groups excluding carboxylic acids is 1. The first-order valence-electron chi connectivity index (χ1n) is 11.8. The molecule has 4 saturated carbocycles. The van der Waals surface area contributed by atoms with Gasteiger partial charge >= 0.3 is 5.97 Å². The van der Waals surface area contributed by atoms with E-state index in [1.54, 1.807) is 0 Å². The molecule has 0 unspecified atom stereocenters. The predicted molar refractivity (Wildman–Crippen MR) is 112 cm³/mol. The summed E-state index contributed by atoms with van der Waals surface area (Å²) >= 11 is 0. The highest BCUT2D eigenvalue weighted by Gasteiger charge is 2.64. The van der Waals surface area contributed by atoms with E-state index in [2.05, 4.69) is 25.9 Å². The Morgan fingerprint density at radius 2 is 1.83 bits per heavy atom. The van der Waals surface area contributed by atoms with Gasteiger partial charge in [0.05, 0.1) is 6.61 Å². The molecule has 0 heterocycles. The number of hydrogen-bond acceptors (Lipinski definition) is 4. The average molecular weight is 403 g/mol. The first-order chi connectivity index (χ1) is 13.7. The van der Waals surface area contributed by atoms with E-state index in [-0.39, 0.29) is 17.5 Å². The predicted octanol–water partition coefficient (Wildman–Crippen LogP) is 4.69. The number of carbonyl (C=O) groups is 1. The summed E-state index contributed by atoms with van der Waals surface area (Å²) in [7, 11) is 0. The molecule has 162 valence electrons. The molecule has 8 atom stereocenters. The largest absolute Gasteiger partial charge is 0.463 e. The van der Waals surface area contributed by atoms with Gasteiger partial charge in [0.25, 0.3) is 0 Å². The zero-order valence-corrected chi connectivity index (χ0v) is 18.6. The van der Waals surface area contributed by atoms with E-state index in [0.29, 0.717) is 29.8 Å². The maximum Gasteiger partial charge on any atom is 0.302 e. The lowest BCUT2D eigenvalue weighted by molar-refractivity contribution is -0.164. The summed E-state index contributed by atoms with van der Waals surface area (Å²) in [4.78, 5) is 11.4. The summed E-state index contributed by atoms with van der Waals surface area (Å²) in [5.41, 5.74) is -0.697. The fourth-order valence-electron chi connectivity index (χ4n) is 7.97. The molecule has 0 spiro atoms. The standard InChI is InChI=1S/C25H38O4/c1-5-28-15-14-25(27)13-10-22-20-7-6-18-16-19(29-17(2)26)8-11-23(18,3)21(20)9-12-24(22,25)4/h18-22,27H,5-13,16H2,1-4H3/t18-,19+,20+,21-,22+,23-,24+,25+/m0/s1. The van der Waals surface area contributed by atoms with Crippen LogP contribution in [0, 0.1) is 46.5 Å². The molecule has 29 heavy (non-hydrogen) atoms. The number of esters is 1. The molecule has 4 rings (SSSR count). The molecule has 0 amide bonds. The highest BCUT2D eigenvalue weighted by Crippen LogP contribution is 2.68. The van der Waals surface area contributed by atoms with E-state index in [0.717, 1.165) is 44.4 Å². The monoisotopic (exact) mass is 402 g/mol. The molecule has 0 saturated heterocycles. The SMILES string of the molecule is CCOC#C[C@]1(O)CC[C@@H]2[C@@H]3CC[C@H]4C[C@H](OC(C)=O)CC[C@]4(C)[C@H]3CC[C@]21C. The van der Waals surface area contributed by atoms with Crippen molar-refractivity contribution in [2.24, 2.45) is 34.5 Å². The minimum absolute atomic E-state index is 0.112. The Morgan fingerprint density at radius 1 is 1.07 bits per heavy atom. The Hall–Kier alpha value is -1.21. The van der Waals surface area contributed by atoms with Gasteiger partial charge in [0, 0.05) is 12.3 Å². The number of ether oxygens (including phenoxy) is 2. The van der Waals surface area contributed by atoms with Crippen LogP contribution in [0.2, 0.25) is 0 Å². The van der Waals surface area contributed by atoms with Gasteiger partial charge in [-0.2, -0.15) is 0 Å². The van der Waals surface area contributed by atoms with Gasteiger partial charge in [0.15, 0.2) is 0 Å². The third-order valence-electron chi connectivity index (χ3n) is 9.58. The summed E-state index contributed by atoms with van der Waals surface area (Å²) < 4.78 is 10.8. The molecule has 0 aromatic heterocycles. The Morgan fingerprint density at radius 3 is 2.55 bits per heavy atom. The number of hydrogen-bond donors (Lipinski definition) is 1. The van der Waals surface area contributed by atoms with Crippen LogP contribution in [0.5, 0.6) is 0 Å². The lowest BCUT2D eigenvalue weighted by Crippen LogP contribution is -2.56. The average Bonchev–Trinajstić information content (AvgIpc) is 2.93. The second-order valence-electron chi connectivity index (χ2n) is 10.7. The zero-order valence-electron chi connectivity index (χ0n) is 18.6. The third-order valence-corrected chi connectivity index (χ3v) is 9.58. The van der Waals surface area contributed by atoms with E-state index in [1.165, 1.54) is 26.2 Å². The Labute approximate surface area is 176 Å². The van der Waals surface area contributed by atoms with Crippen molar-refractivity contribution in [3.05, 3.63) is 0 Å². The van der Waals surface area contributed by atoms with Crippen LogP contribution in [-0.2, 0) is 14.3 Å². The molecule has 0 aromatic rings. The van der Waals surface area contributed by atoms with Crippen molar-refractivity contribution >= 4 is 5.97 Å². The number of aliphatic hydroxyl groups is 1. The molecule has 4 aliphatic carbocycles. The van der Waals surface area contributed by atoms with E-state index < -0.39 is 5.60 Å². The smallest absolute Gasteiger partial charge is 0.302 e. The Kier molecular flexibility index (Phi) is 5.43. The lowest BCUT2D eigenvalue weighted by Gasteiger charge is -2.61. The summed E-state index contributed by atoms with van der Waals surface area (Å²) in [5, 5.41) is 11.5. The van der Waals surface area contributed by atoms with E-state index in [9.17, 15) is 9.90 Å². The minimum Gasteiger partial charge on any atom is -0.463 e. The van der Waals surface area contributed by atoms with Crippen molar-refractivity contribution < 1.29 is 19.4 Å². The van der Waals surface area contributed by atoms with Crippen LogP contribution in [0.4, 0.5) is 0 Å². The van der Waals surface area contributed by atoms with E-state index >= 15 is 0 Å². The molecule has 0 aromatic carbocycles. The van der Waals surface area contributed by atoms with Crippen molar-refractivity contribution in [1.82, 2.24) is 0 Å². The number of fused-ring (bicyclic) bond motifs is 5. The molecular weight excluding hydrogens is 364 g/mol. The third kappa shape index (κ3) is 3.29. The first-order valence-corrected chi connectivity index (χ1v) is 11.8. The highest BCUT2D eigenvalue weighted by atomic mass is 16.5. The molecule has 0 aliphatic heterocycles. The molecule has 4 aliphatic rings. The van der Waals surface area contributed by atoms with Gasteiger partial charge in [-0.05, 0) is 99.7 Å². The van der Waals surface area contributed by atoms with Crippen LogP contribution in [0.25, 0.3) is 0 Å². The maximum absolute atomic E-state index is 11.5. The van der Waals surface area contributed by atoms with Crippen molar-refractivity contribution in [3.63, 3.8) is 0 Å². The minimum atomic E-state index is -0.914. The van der Waals surface area contributed by atoms with Gasteiger partial charge in [0.1, 0.15) is 17.8 Å². The van der Waals surface area contributed by atoms with Gasteiger partial charge in [-0.25, -0.2) is 0 Å². The first kappa shape index (κ1) is 21.0. The highest BCUT2D eigenvalue weighted by molar-refractivity contribution is 5.66. The van der Waals surface area contributed by atoms with Gasteiger partial charge in [0.2, 0.25) is 0 Å². The van der Waals surface area contributed by atoms with E-state index in [1.807, 2.05) is 6.92 Å². The van der Waals surface area contributed by atoms with Gasteiger partial charge < -0.3 is 14.6 Å². The second kappa shape index (κ2) is 7.49. The molecule has 1 N–H and O–H groups in total. The Bertz CT molecular complexity index is 707. The van der Waals surface area contributed by atoms with Crippen molar-refractivity contribution in [1.29, 1.82) is 0 Å². The van der Waals surface area contributed by atoms with Crippen LogP contribution >= 0.6 is 0 Å². The molecule has 0 bridgehead atoms. The second-order valence-corrected chi connectivity index (χ2v) is 10.7. The normalized spacial score (nSPS) is 48.4. The summed E-state index contributed by atoms with van der Waals surface area (Å²) in [5.74, 6) is 5.59. The lowest BCUT2D eigenvalue weighted by atomic mass is 9.44. The van der Waals surface area contributed by atoms with Gasteiger partial charge in [-0.3, -0.25) is 4.79 Å². The molecule has 0 radical (unpaired) electrons. The van der Waals surface area contributed by atoms with Crippen molar-refractivity contribution in [2.75, 3.05) is 6.61 Å². The quantitative estimate of drug-likeness (QED) is 0.538. The van der Waals surface area contributed by atoms with Crippen molar-refractivity contribution in [3.8, 4) is 12.0 Å². The topological polar surface area (TPSA) is 55.8 Å². The summed E-state index contributed by atoms with van der Waals surface area (Å²) in [6.45, 7) is 8.81. The van der Waals surface area contributed by atoms with Crippen LogP contribution in [-0.4, -0.2) is 29.4 Å². The van der Waals surface area contributed by atoms with Gasteiger partial charge in [-0.15, -0.1) is 0 Å². The molecule has 4 heteroatoms. The fraction of sp³-hybridized carbons (Fsp3) is 0.880. The van der Waals surface area contributed by atoms with Crippen LogP contribution in [0.3, 0.4) is 0 Å². The molecule has 4 nitrogen and oxygen atoms in total. The molecular formula is C25H38O4. The molecule has 4 fully saturated rings. The fourth-order valence-corrected chi connectivity index (χ4v) is 7.97. The van der Waals surface area contributed by atoms with Crippen LogP contribution in [0.1, 0.15) is 85.5 Å². The maximum atomic E-state index is 11.5. The number of rotatable bonds is 2. The summed E-state index contributed by atoms with van der Waals surface area (Å²) in [6, 6.07) is 0. The van der Waals surface area contributed by atoms with Gasteiger partial charge in [-0.1, -0.05) is 13.8 Å². The zero-order chi connectivity index (χ0) is 20.9.